The summed E-state index contributed by atoms with van der Waals surface area (Å²) in [5.41, 5.74) is -0.594. The normalized spacial score (nSPS) is 48.1. The Labute approximate surface area is 65.0 Å². The van der Waals surface area contributed by atoms with Crippen LogP contribution in [0.3, 0.4) is 0 Å². The maximum absolute atomic E-state index is 10.8. The Balaban J connectivity index is 2.20. The lowest BCUT2D eigenvalue weighted by Gasteiger charge is -2.38. The fourth-order valence-corrected chi connectivity index (χ4v) is 1.87. The molecular formula is C7H12N2O2. The first-order chi connectivity index (χ1) is 5.14. The molecule has 4 nitrogen and oxygen atoms in total. The molecule has 2 fully saturated rings. The highest BCUT2D eigenvalue weighted by molar-refractivity contribution is 5.76. The van der Waals surface area contributed by atoms with Crippen LogP contribution in [0.5, 0.6) is 0 Å². The molecule has 2 aliphatic heterocycles. The molecule has 11 heavy (non-hydrogen) atoms. The van der Waals surface area contributed by atoms with Crippen LogP contribution in [0.4, 0.5) is 0 Å². The van der Waals surface area contributed by atoms with Gasteiger partial charge in [0.1, 0.15) is 0 Å². The van der Waals surface area contributed by atoms with Crippen LogP contribution >= 0.6 is 0 Å². The van der Waals surface area contributed by atoms with E-state index in [1.165, 1.54) is 0 Å². The van der Waals surface area contributed by atoms with Gasteiger partial charge in [-0.25, -0.2) is 0 Å². The van der Waals surface area contributed by atoms with Gasteiger partial charge in [-0.1, -0.05) is 0 Å². The maximum Gasteiger partial charge on any atom is 0.312 e. The molecule has 0 bridgehead atoms. The second-order valence-corrected chi connectivity index (χ2v) is 3.60. The van der Waals surface area contributed by atoms with Gasteiger partial charge in [-0.15, -0.1) is 0 Å². The van der Waals surface area contributed by atoms with Crippen molar-refractivity contribution in [3.8, 4) is 0 Å². The van der Waals surface area contributed by atoms with Crippen molar-refractivity contribution < 1.29 is 9.90 Å². The first-order valence-electron chi connectivity index (χ1n) is 3.85. The summed E-state index contributed by atoms with van der Waals surface area (Å²) < 4.78 is 0. The summed E-state index contributed by atoms with van der Waals surface area (Å²) in [5.74, 6) is -0.704. The first-order valence-corrected chi connectivity index (χ1v) is 3.85. The molecule has 0 aromatic rings. The number of carboxylic acids is 1. The predicted octanol–water partition coefficient (Wildman–Crippen LogP) is -0.979. The lowest BCUT2D eigenvalue weighted by molar-refractivity contribution is -0.148. The van der Waals surface area contributed by atoms with Gasteiger partial charge in [-0.3, -0.25) is 4.79 Å². The fraction of sp³-hybridized carbons (Fsp3) is 0.857. The van der Waals surface area contributed by atoms with E-state index in [9.17, 15) is 4.79 Å². The molecule has 3 unspecified atom stereocenters. The highest BCUT2D eigenvalue weighted by Crippen LogP contribution is 2.32. The average molecular weight is 156 g/mol. The zero-order chi connectivity index (χ0) is 8.06. The summed E-state index contributed by atoms with van der Waals surface area (Å²) in [4.78, 5) is 10.8. The third-order valence-corrected chi connectivity index (χ3v) is 2.87. The van der Waals surface area contributed by atoms with Crippen LogP contribution in [0.2, 0.25) is 0 Å². The highest BCUT2D eigenvalue weighted by Gasteiger charge is 2.54. The molecule has 3 N–H and O–H groups in total. The van der Waals surface area contributed by atoms with E-state index in [1.807, 2.05) is 0 Å². The molecule has 0 aromatic heterocycles. The topological polar surface area (TPSA) is 61.4 Å². The molecular weight excluding hydrogens is 144 g/mol. The van der Waals surface area contributed by atoms with E-state index in [-0.39, 0.29) is 6.04 Å². The van der Waals surface area contributed by atoms with Crippen molar-refractivity contribution in [2.45, 2.75) is 19.0 Å². The van der Waals surface area contributed by atoms with Gasteiger partial charge < -0.3 is 15.7 Å². The molecule has 0 saturated carbocycles. The summed E-state index contributed by atoms with van der Waals surface area (Å²) in [6.45, 7) is 3.29. The van der Waals surface area contributed by atoms with E-state index in [4.69, 9.17) is 5.11 Å². The number of fused-ring (bicyclic) bond motifs is 1. The minimum Gasteiger partial charge on any atom is -0.481 e. The summed E-state index contributed by atoms with van der Waals surface area (Å²) in [6.07, 6.45) is 0. The molecule has 0 amide bonds. The van der Waals surface area contributed by atoms with Crippen molar-refractivity contribution in [1.29, 1.82) is 0 Å². The van der Waals surface area contributed by atoms with Crippen LogP contribution in [-0.2, 0) is 4.79 Å². The second kappa shape index (κ2) is 1.95. The van der Waals surface area contributed by atoms with Gasteiger partial charge in [0.15, 0.2) is 0 Å². The minimum atomic E-state index is -0.704. The van der Waals surface area contributed by atoms with E-state index in [2.05, 4.69) is 10.6 Å². The molecule has 4 heteroatoms. The molecule has 3 atom stereocenters. The standard InChI is InChI=1S/C7H12N2O2/c1-7(6(10)11)3-9-4-2-8-5(4)7/h4-5,8-9H,2-3H2,1H3,(H,10,11). The van der Waals surface area contributed by atoms with Crippen molar-refractivity contribution >= 4 is 5.97 Å². The zero-order valence-electron chi connectivity index (χ0n) is 6.42. The summed E-state index contributed by atoms with van der Waals surface area (Å²) in [5, 5.41) is 15.2. The SMILES string of the molecule is CC1(C(=O)O)CNC2CNC21. The second-order valence-electron chi connectivity index (χ2n) is 3.60. The largest absolute Gasteiger partial charge is 0.481 e. The lowest BCUT2D eigenvalue weighted by atomic mass is 9.79. The summed E-state index contributed by atoms with van der Waals surface area (Å²) >= 11 is 0. The van der Waals surface area contributed by atoms with Crippen molar-refractivity contribution in [3.63, 3.8) is 0 Å². The molecule has 2 heterocycles. The Bertz CT molecular complexity index is 207. The molecule has 0 radical (unpaired) electrons. The van der Waals surface area contributed by atoms with Gasteiger partial charge in [0.25, 0.3) is 0 Å². The van der Waals surface area contributed by atoms with Crippen LogP contribution in [0.15, 0.2) is 0 Å². The first kappa shape index (κ1) is 7.06. The summed E-state index contributed by atoms with van der Waals surface area (Å²) in [6, 6.07) is 0.524. The third-order valence-electron chi connectivity index (χ3n) is 2.87. The molecule has 0 aromatic carbocycles. The van der Waals surface area contributed by atoms with Crippen LogP contribution in [0.1, 0.15) is 6.92 Å². The quantitative estimate of drug-likeness (QED) is 0.456. The Kier molecular flexibility index (Phi) is 1.25. The number of aliphatic carboxylic acids is 1. The van der Waals surface area contributed by atoms with Gasteiger partial charge in [-0.05, 0) is 6.92 Å². The van der Waals surface area contributed by atoms with E-state index < -0.39 is 11.4 Å². The lowest BCUT2D eigenvalue weighted by Crippen LogP contribution is -2.63. The Morgan fingerprint density at radius 1 is 1.64 bits per heavy atom. The summed E-state index contributed by atoms with van der Waals surface area (Å²) in [7, 11) is 0. The number of hydrogen-bond donors (Lipinski definition) is 3. The van der Waals surface area contributed by atoms with Gasteiger partial charge in [0.2, 0.25) is 0 Å². The molecule has 2 saturated heterocycles. The number of carboxylic acid groups (broad SMARTS) is 1. The van der Waals surface area contributed by atoms with E-state index in [1.54, 1.807) is 6.92 Å². The monoisotopic (exact) mass is 156 g/mol. The van der Waals surface area contributed by atoms with Gasteiger partial charge in [-0.2, -0.15) is 0 Å². The molecule has 62 valence electrons. The van der Waals surface area contributed by atoms with Crippen molar-refractivity contribution in [2.24, 2.45) is 5.41 Å². The van der Waals surface area contributed by atoms with E-state index >= 15 is 0 Å². The highest BCUT2D eigenvalue weighted by atomic mass is 16.4. The van der Waals surface area contributed by atoms with Crippen molar-refractivity contribution in [2.75, 3.05) is 13.1 Å². The fourth-order valence-electron chi connectivity index (χ4n) is 1.87. The Morgan fingerprint density at radius 3 is 2.64 bits per heavy atom. The third kappa shape index (κ3) is 0.736. The van der Waals surface area contributed by atoms with Crippen LogP contribution in [0.25, 0.3) is 0 Å². The van der Waals surface area contributed by atoms with Crippen LogP contribution in [-0.4, -0.2) is 36.2 Å². The number of nitrogens with one attached hydrogen (secondary N) is 2. The van der Waals surface area contributed by atoms with Crippen molar-refractivity contribution in [1.82, 2.24) is 10.6 Å². The molecule has 2 rings (SSSR count). The average Bonchev–Trinajstić information content (AvgIpc) is 2.04. The van der Waals surface area contributed by atoms with Crippen molar-refractivity contribution in [3.05, 3.63) is 0 Å². The van der Waals surface area contributed by atoms with E-state index in [0.717, 1.165) is 6.54 Å². The smallest absolute Gasteiger partial charge is 0.312 e. The zero-order valence-corrected chi connectivity index (χ0v) is 6.42. The minimum absolute atomic E-state index is 0.139. The van der Waals surface area contributed by atoms with Gasteiger partial charge in [0.05, 0.1) is 5.41 Å². The Morgan fingerprint density at radius 2 is 2.36 bits per heavy atom. The van der Waals surface area contributed by atoms with Gasteiger partial charge >= 0.3 is 5.97 Å². The molecule has 0 spiro atoms. The van der Waals surface area contributed by atoms with Gasteiger partial charge in [0, 0.05) is 25.2 Å². The van der Waals surface area contributed by atoms with E-state index in [0.29, 0.717) is 12.6 Å². The number of rotatable bonds is 1. The molecule has 2 aliphatic rings. The molecule has 0 aliphatic carbocycles. The predicted molar refractivity (Wildman–Crippen MR) is 39.3 cm³/mol. The Hall–Kier alpha value is -0.610. The maximum atomic E-state index is 10.8. The number of hydrogen-bond acceptors (Lipinski definition) is 3. The van der Waals surface area contributed by atoms with Crippen LogP contribution in [0, 0.1) is 5.41 Å². The number of carbonyl (C=O) groups is 1. The van der Waals surface area contributed by atoms with Crippen LogP contribution < -0.4 is 10.6 Å².